The molecule has 0 saturated heterocycles. The van der Waals surface area contributed by atoms with E-state index >= 15 is 0 Å². The average Bonchev–Trinajstić information content (AvgIpc) is 3.38. The van der Waals surface area contributed by atoms with Crippen LogP contribution in [0.1, 0.15) is 27.8 Å². The van der Waals surface area contributed by atoms with Crippen molar-refractivity contribution < 1.29 is 14.8 Å². The molecule has 0 unspecified atom stereocenters. The standard InChI is InChI=1S/C27H15N3O6/c31-28(32)18-6-8-22-24(12-18)23(25-13-19(29(33)34)14-26(27(22)25)30(35)36)10-15-5-7-21-17(9-15)11-16-3-1-2-4-20(16)21/h1-10,12-14H,11H2/b23-10-. The predicted octanol–water partition coefficient (Wildman–Crippen LogP) is 6.55. The normalized spacial score (nSPS) is 13.6. The van der Waals surface area contributed by atoms with E-state index in [-0.39, 0.29) is 11.3 Å². The van der Waals surface area contributed by atoms with Gasteiger partial charge in [-0.1, -0.05) is 42.5 Å². The van der Waals surface area contributed by atoms with Crippen molar-refractivity contribution in [2.24, 2.45) is 0 Å². The smallest absolute Gasteiger partial charge is 0.258 e. The van der Waals surface area contributed by atoms with Gasteiger partial charge in [0.25, 0.3) is 17.1 Å². The van der Waals surface area contributed by atoms with Crippen LogP contribution in [0.3, 0.4) is 0 Å². The Morgan fingerprint density at radius 1 is 0.611 bits per heavy atom. The molecule has 9 heteroatoms. The van der Waals surface area contributed by atoms with E-state index in [1.165, 1.54) is 35.4 Å². The topological polar surface area (TPSA) is 129 Å². The van der Waals surface area contributed by atoms with Crippen LogP contribution in [-0.4, -0.2) is 14.8 Å². The number of nitro groups is 3. The van der Waals surface area contributed by atoms with Gasteiger partial charge in [-0.25, -0.2) is 0 Å². The summed E-state index contributed by atoms with van der Waals surface area (Å²) in [4.78, 5) is 33.0. The molecule has 9 nitrogen and oxygen atoms in total. The van der Waals surface area contributed by atoms with Crippen LogP contribution in [0.25, 0.3) is 33.9 Å². The second-order valence-corrected chi connectivity index (χ2v) is 8.70. The Morgan fingerprint density at radius 2 is 1.31 bits per heavy atom. The summed E-state index contributed by atoms with van der Waals surface area (Å²) in [6, 6.07) is 20.4. The van der Waals surface area contributed by atoms with E-state index in [0.717, 1.165) is 29.2 Å². The molecule has 0 radical (unpaired) electrons. The average molecular weight is 477 g/mol. The molecule has 0 amide bonds. The molecule has 36 heavy (non-hydrogen) atoms. The summed E-state index contributed by atoms with van der Waals surface area (Å²) in [5, 5.41) is 34.9. The molecule has 0 N–H and O–H groups in total. The van der Waals surface area contributed by atoms with Gasteiger partial charge in [0.15, 0.2) is 0 Å². The molecule has 4 aromatic rings. The van der Waals surface area contributed by atoms with Gasteiger partial charge in [-0.2, -0.15) is 0 Å². The maximum Gasteiger partial charge on any atom is 0.284 e. The Bertz CT molecular complexity index is 1710. The first-order valence-corrected chi connectivity index (χ1v) is 11.0. The number of nitrogens with zero attached hydrogens (tertiary/aromatic N) is 3. The first-order chi connectivity index (χ1) is 17.3. The lowest BCUT2D eigenvalue weighted by molar-refractivity contribution is -0.393. The van der Waals surface area contributed by atoms with E-state index in [4.69, 9.17) is 0 Å². The van der Waals surface area contributed by atoms with Gasteiger partial charge in [-0.15, -0.1) is 0 Å². The third-order valence-corrected chi connectivity index (χ3v) is 6.70. The van der Waals surface area contributed by atoms with E-state index in [1.807, 2.05) is 30.3 Å². The third kappa shape index (κ3) is 3.17. The summed E-state index contributed by atoms with van der Waals surface area (Å²) >= 11 is 0. The van der Waals surface area contributed by atoms with Gasteiger partial charge in [-0.05, 0) is 63.1 Å². The number of hydrogen-bond donors (Lipinski definition) is 0. The third-order valence-electron chi connectivity index (χ3n) is 6.70. The molecule has 0 heterocycles. The summed E-state index contributed by atoms with van der Waals surface area (Å²) < 4.78 is 0. The number of fused-ring (bicyclic) bond motifs is 6. The van der Waals surface area contributed by atoms with Gasteiger partial charge in [0.2, 0.25) is 0 Å². The highest BCUT2D eigenvalue weighted by atomic mass is 16.6. The zero-order valence-corrected chi connectivity index (χ0v) is 18.5. The predicted molar refractivity (Wildman–Crippen MR) is 133 cm³/mol. The van der Waals surface area contributed by atoms with Gasteiger partial charge in [0.1, 0.15) is 0 Å². The molecule has 0 aromatic heterocycles. The molecule has 2 aliphatic rings. The van der Waals surface area contributed by atoms with Crippen molar-refractivity contribution in [1.29, 1.82) is 0 Å². The van der Waals surface area contributed by atoms with E-state index in [0.29, 0.717) is 22.3 Å². The van der Waals surface area contributed by atoms with Crippen molar-refractivity contribution in [1.82, 2.24) is 0 Å². The molecule has 0 bridgehead atoms. The van der Waals surface area contributed by atoms with Crippen LogP contribution < -0.4 is 0 Å². The Morgan fingerprint density at radius 3 is 2.06 bits per heavy atom. The van der Waals surface area contributed by atoms with E-state index in [9.17, 15) is 30.3 Å². The van der Waals surface area contributed by atoms with Gasteiger partial charge >= 0.3 is 0 Å². The molecule has 4 aromatic carbocycles. The lowest BCUT2D eigenvalue weighted by atomic mass is 9.98. The molecule has 0 saturated carbocycles. The monoisotopic (exact) mass is 477 g/mol. The lowest BCUT2D eigenvalue weighted by Gasteiger charge is -2.06. The van der Waals surface area contributed by atoms with Crippen molar-refractivity contribution >= 4 is 28.7 Å². The minimum atomic E-state index is -0.678. The van der Waals surface area contributed by atoms with Crippen molar-refractivity contribution in [3.63, 3.8) is 0 Å². The molecule has 2 aliphatic carbocycles. The van der Waals surface area contributed by atoms with Crippen molar-refractivity contribution in [3.8, 4) is 22.3 Å². The van der Waals surface area contributed by atoms with Gasteiger partial charge in [-0.3, -0.25) is 30.3 Å². The van der Waals surface area contributed by atoms with Gasteiger partial charge in [0.05, 0.1) is 26.4 Å². The van der Waals surface area contributed by atoms with Crippen LogP contribution in [0.2, 0.25) is 0 Å². The van der Waals surface area contributed by atoms with Crippen molar-refractivity contribution in [2.75, 3.05) is 0 Å². The Balaban J connectivity index is 1.59. The Kier molecular flexibility index (Phi) is 4.55. The molecular weight excluding hydrogens is 462 g/mol. The first-order valence-electron chi connectivity index (χ1n) is 11.0. The second-order valence-electron chi connectivity index (χ2n) is 8.70. The maximum absolute atomic E-state index is 11.9. The SMILES string of the molecule is O=[N+]([O-])c1ccc2c(c1)/C(=C/c1ccc3c(c1)Cc1ccccc1-3)c1cc([N+](=O)[O-])cc([N+](=O)[O-])c1-2. The second kappa shape index (κ2) is 7.67. The summed E-state index contributed by atoms with van der Waals surface area (Å²) in [6.07, 6.45) is 2.54. The highest BCUT2D eigenvalue weighted by Crippen LogP contribution is 2.51. The summed E-state index contributed by atoms with van der Waals surface area (Å²) in [7, 11) is 0. The zero-order chi connectivity index (χ0) is 25.1. The fourth-order valence-corrected chi connectivity index (χ4v) is 5.17. The van der Waals surface area contributed by atoms with E-state index < -0.39 is 26.1 Å². The molecule has 0 spiro atoms. The fraction of sp³-hybridized carbons (Fsp3) is 0.0370. The number of nitro benzene ring substituents is 3. The number of hydrogen-bond acceptors (Lipinski definition) is 6. The van der Waals surface area contributed by atoms with Crippen LogP contribution in [0.4, 0.5) is 17.1 Å². The quantitative estimate of drug-likeness (QED) is 0.209. The highest BCUT2D eigenvalue weighted by Gasteiger charge is 2.35. The Labute approximate surface area is 203 Å². The van der Waals surface area contributed by atoms with Crippen LogP contribution >= 0.6 is 0 Å². The van der Waals surface area contributed by atoms with Crippen LogP contribution in [0.5, 0.6) is 0 Å². The molecule has 174 valence electrons. The first kappa shape index (κ1) is 21.4. The Hall–Kier alpha value is -5.18. The molecule has 0 atom stereocenters. The summed E-state index contributed by atoms with van der Waals surface area (Å²) in [6.45, 7) is 0. The largest absolute Gasteiger partial charge is 0.284 e. The fourth-order valence-electron chi connectivity index (χ4n) is 5.17. The van der Waals surface area contributed by atoms with Crippen molar-refractivity contribution in [3.05, 3.63) is 131 Å². The maximum atomic E-state index is 11.9. The van der Waals surface area contributed by atoms with Crippen LogP contribution in [-0.2, 0) is 6.42 Å². The number of benzene rings is 4. The minimum Gasteiger partial charge on any atom is -0.258 e. The van der Waals surface area contributed by atoms with E-state index in [1.54, 1.807) is 6.08 Å². The summed E-state index contributed by atoms with van der Waals surface area (Å²) in [5.74, 6) is 0. The lowest BCUT2D eigenvalue weighted by Crippen LogP contribution is -1.96. The zero-order valence-electron chi connectivity index (χ0n) is 18.5. The minimum absolute atomic E-state index is 0.172. The molecule has 6 rings (SSSR count). The summed E-state index contributed by atoms with van der Waals surface area (Å²) in [5.41, 5.74) is 6.25. The van der Waals surface area contributed by atoms with Crippen LogP contribution in [0, 0.1) is 30.3 Å². The number of rotatable bonds is 4. The number of non-ortho nitro benzene ring substituents is 2. The van der Waals surface area contributed by atoms with E-state index in [2.05, 4.69) is 12.1 Å². The van der Waals surface area contributed by atoms with Crippen LogP contribution in [0.15, 0.2) is 72.8 Å². The highest BCUT2D eigenvalue weighted by molar-refractivity contribution is 6.10. The van der Waals surface area contributed by atoms with Gasteiger partial charge in [0, 0.05) is 23.8 Å². The van der Waals surface area contributed by atoms with Gasteiger partial charge < -0.3 is 0 Å². The molecule has 0 fully saturated rings. The van der Waals surface area contributed by atoms with Crippen molar-refractivity contribution in [2.45, 2.75) is 6.42 Å². The molecule has 0 aliphatic heterocycles. The molecular formula is C27H15N3O6.